The van der Waals surface area contributed by atoms with E-state index in [9.17, 15) is 9.18 Å². The van der Waals surface area contributed by atoms with Gasteiger partial charge in [-0.05, 0) is 41.8 Å². The molecule has 126 valence electrons. The molecular formula is C19H20FNO3. The Morgan fingerprint density at radius 2 is 2.04 bits per heavy atom. The van der Waals surface area contributed by atoms with Gasteiger partial charge in [-0.2, -0.15) is 0 Å². The molecule has 1 unspecified atom stereocenters. The van der Waals surface area contributed by atoms with Gasteiger partial charge in [-0.3, -0.25) is 0 Å². The van der Waals surface area contributed by atoms with E-state index in [2.05, 4.69) is 0 Å². The SMILES string of the molecule is Cc1cc(F)ccc1-c1ccc2c(c1)OCC(C)(C)C2OC(N)=O. The Morgan fingerprint density at radius 3 is 2.71 bits per heavy atom. The smallest absolute Gasteiger partial charge is 0.405 e. The van der Waals surface area contributed by atoms with Crippen LogP contribution in [0, 0.1) is 18.2 Å². The van der Waals surface area contributed by atoms with Gasteiger partial charge < -0.3 is 15.2 Å². The summed E-state index contributed by atoms with van der Waals surface area (Å²) in [6, 6.07) is 10.4. The molecule has 1 heterocycles. The molecular weight excluding hydrogens is 309 g/mol. The highest BCUT2D eigenvalue weighted by Crippen LogP contribution is 2.46. The van der Waals surface area contributed by atoms with E-state index >= 15 is 0 Å². The topological polar surface area (TPSA) is 61.6 Å². The third-order valence-corrected chi connectivity index (χ3v) is 4.34. The fraction of sp³-hybridized carbons (Fsp3) is 0.316. The van der Waals surface area contributed by atoms with Crippen LogP contribution in [0.15, 0.2) is 36.4 Å². The highest BCUT2D eigenvalue weighted by atomic mass is 19.1. The molecule has 0 saturated heterocycles. The number of hydrogen-bond acceptors (Lipinski definition) is 3. The van der Waals surface area contributed by atoms with E-state index in [0.717, 1.165) is 22.3 Å². The lowest BCUT2D eigenvalue weighted by Gasteiger charge is -2.38. The van der Waals surface area contributed by atoms with Gasteiger partial charge >= 0.3 is 6.09 Å². The van der Waals surface area contributed by atoms with Gasteiger partial charge in [-0.15, -0.1) is 0 Å². The van der Waals surface area contributed by atoms with Crippen LogP contribution in [-0.4, -0.2) is 12.7 Å². The fourth-order valence-electron chi connectivity index (χ4n) is 3.09. The number of ether oxygens (including phenoxy) is 2. The van der Waals surface area contributed by atoms with Gasteiger partial charge in [0.05, 0.1) is 6.61 Å². The minimum atomic E-state index is -0.806. The summed E-state index contributed by atoms with van der Waals surface area (Å²) in [5.41, 5.74) is 8.32. The number of aryl methyl sites for hydroxylation is 1. The first-order valence-electron chi connectivity index (χ1n) is 7.77. The number of primary amides is 1. The molecule has 1 atom stereocenters. The lowest BCUT2D eigenvalue weighted by Crippen LogP contribution is -2.37. The van der Waals surface area contributed by atoms with E-state index in [-0.39, 0.29) is 11.2 Å². The Balaban J connectivity index is 2.04. The van der Waals surface area contributed by atoms with Gasteiger partial charge in [0.25, 0.3) is 0 Å². The van der Waals surface area contributed by atoms with E-state index in [1.807, 2.05) is 39.0 Å². The summed E-state index contributed by atoms with van der Waals surface area (Å²) in [6.07, 6.45) is -1.28. The van der Waals surface area contributed by atoms with Crippen LogP contribution in [0.3, 0.4) is 0 Å². The van der Waals surface area contributed by atoms with Crippen LogP contribution in [-0.2, 0) is 4.74 Å². The number of halogens is 1. The van der Waals surface area contributed by atoms with Crippen molar-refractivity contribution in [1.82, 2.24) is 0 Å². The summed E-state index contributed by atoms with van der Waals surface area (Å²) in [5.74, 6) is 0.393. The summed E-state index contributed by atoms with van der Waals surface area (Å²) in [7, 11) is 0. The highest BCUT2D eigenvalue weighted by Gasteiger charge is 2.40. The van der Waals surface area contributed by atoms with Crippen molar-refractivity contribution in [3.63, 3.8) is 0 Å². The van der Waals surface area contributed by atoms with Crippen molar-refractivity contribution >= 4 is 6.09 Å². The van der Waals surface area contributed by atoms with Crippen LogP contribution >= 0.6 is 0 Å². The predicted octanol–water partition coefficient (Wildman–Crippen LogP) is 4.36. The molecule has 0 saturated carbocycles. The summed E-state index contributed by atoms with van der Waals surface area (Å²) < 4.78 is 24.5. The quantitative estimate of drug-likeness (QED) is 0.890. The molecule has 3 rings (SSSR count). The molecule has 2 aromatic carbocycles. The van der Waals surface area contributed by atoms with E-state index < -0.39 is 12.2 Å². The van der Waals surface area contributed by atoms with Crippen molar-refractivity contribution in [2.24, 2.45) is 11.1 Å². The normalized spacial score (nSPS) is 18.4. The van der Waals surface area contributed by atoms with Gasteiger partial charge in [-0.25, -0.2) is 9.18 Å². The molecule has 1 aliphatic heterocycles. The van der Waals surface area contributed by atoms with Crippen molar-refractivity contribution in [2.75, 3.05) is 6.61 Å². The maximum Gasteiger partial charge on any atom is 0.405 e. The van der Waals surface area contributed by atoms with Crippen LogP contribution in [0.5, 0.6) is 5.75 Å². The predicted molar refractivity (Wildman–Crippen MR) is 89.3 cm³/mol. The molecule has 0 aromatic heterocycles. The van der Waals surface area contributed by atoms with Gasteiger partial charge in [0, 0.05) is 11.0 Å². The first kappa shape index (κ1) is 16.3. The number of rotatable bonds is 2. The lowest BCUT2D eigenvalue weighted by molar-refractivity contribution is -0.0176. The van der Waals surface area contributed by atoms with E-state index in [0.29, 0.717) is 12.4 Å². The van der Waals surface area contributed by atoms with Gasteiger partial charge in [0.2, 0.25) is 0 Å². The van der Waals surface area contributed by atoms with Gasteiger partial charge in [-0.1, -0.05) is 32.0 Å². The maximum atomic E-state index is 13.3. The number of benzene rings is 2. The fourth-order valence-corrected chi connectivity index (χ4v) is 3.09. The zero-order valence-electron chi connectivity index (χ0n) is 13.9. The molecule has 0 fully saturated rings. The minimum Gasteiger partial charge on any atom is -0.492 e. The standard InChI is InChI=1S/C19H20FNO3/c1-11-8-13(20)5-7-14(11)12-4-6-15-16(9-12)23-10-19(2,3)17(15)24-18(21)22/h4-9,17H,10H2,1-3H3,(H2,21,22). The molecule has 2 aromatic rings. The average molecular weight is 329 g/mol. The molecule has 0 spiro atoms. The van der Waals surface area contributed by atoms with E-state index in [1.54, 1.807) is 6.07 Å². The Hall–Kier alpha value is -2.56. The van der Waals surface area contributed by atoms with Crippen molar-refractivity contribution in [1.29, 1.82) is 0 Å². The second kappa shape index (κ2) is 5.82. The number of hydrogen-bond donors (Lipinski definition) is 1. The highest BCUT2D eigenvalue weighted by molar-refractivity contribution is 5.70. The van der Waals surface area contributed by atoms with Crippen LogP contribution in [0.2, 0.25) is 0 Å². The molecule has 1 amide bonds. The molecule has 4 nitrogen and oxygen atoms in total. The summed E-state index contributed by atoms with van der Waals surface area (Å²) in [4.78, 5) is 11.3. The lowest BCUT2D eigenvalue weighted by atomic mass is 9.80. The average Bonchev–Trinajstić information content (AvgIpc) is 2.50. The van der Waals surface area contributed by atoms with Crippen LogP contribution in [0.25, 0.3) is 11.1 Å². The number of nitrogens with two attached hydrogens (primary N) is 1. The molecule has 0 bridgehead atoms. The van der Waals surface area contributed by atoms with E-state index in [1.165, 1.54) is 12.1 Å². The van der Waals surface area contributed by atoms with Crippen LogP contribution in [0.1, 0.15) is 31.1 Å². The Bertz CT molecular complexity index is 801. The molecule has 24 heavy (non-hydrogen) atoms. The summed E-state index contributed by atoms with van der Waals surface area (Å²) >= 11 is 0. The first-order chi connectivity index (χ1) is 11.3. The minimum absolute atomic E-state index is 0.262. The third-order valence-electron chi connectivity index (χ3n) is 4.34. The van der Waals surface area contributed by atoms with Crippen molar-refractivity contribution < 1.29 is 18.7 Å². The monoisotopic (exact) mass is 329 g/mol. The number of fused-ring (bicyclic) bond motifs is 1. The molecule has 0 aliphatic carbocycles. The molecule has 5 heteroatoms. The largest absolute Gasteiger partial charge is 0.492 e. The zero-order valence-corrected chi connectivity index (χ0v) is 13.9. The van der Waals surface area contributed by atoms with Crippen molar-refractivity contribution in [2.45, 2.75) is 26.9 Å². The van der Waals surface area contributed by atoms with Crippen molar-refractivity contribution in [3.8, 4) is 16.9 Å². The Morgan fingerprint density at radius 1 is 1.29 bits per heavy atom. The number of carbonyl (C=O) groups excluding carboxylic acids is 1. The van der Waals surface area contributed by atoms with Gasteiger partial charge in [0.15, 0.2) is 0 Å². The number of carbonyl (C=O) groups is 1. The second-order valence-corrected chi connectivity index (χ2v) is 6.81. The van der Waals surface area contributed by atoms with E-state index in [4.69, 9.17) is 15.2 Å². The maximum absolute atomic E-state index is 13.3. The molecule has 2 N–H and O–H groups in total. The summed E-state index contributed by atoms with van der Waals surface area (Å²) in [6.45, 7) is 6.19. The Kier molecular flexibility index (Phi) is 3.95. The zero-order chi connectivity index (χ0) is 17.5. The third kappa shape index (κ3) is 2.94. The Labute approximate surface area is 140 Å². The molecule has 1 aliphatic rings. The van der Waals surface area contributed by atoms with Crippen molar-refractivity contribution in [3.05, 3.63) is 53.3 Å². The van der Waals surface area contributed by atoms with Crippen LogP contribution < -0.4 is 10.5 Å². The summed E-state index contributed by atoms with van der Waals surface area (Å²) in [5, 5.41) is 0. The molecule has 0 radical (unpaired) electrons. The second-order valence-electron chi connectivity index (χ2n) is 6.81. The van der Waals surface area contributed by atoms with Crippen LogP contribution in [0.4, 0.5) is 9.18 Å². The first-order valence-corrected chi connectivity index (χ1v) is 7.77. The number of amides is 1. The van der Waals surface area contributed by atoms with Gasteiger partial charge in [0.1, 0.15) is 17.7 Å².